The van der Waals surface area contributed by atoms with Crippen molar-refractivity contribution in [3.05, 3.63) is 34.6 Å². The van der Waals surface area contributed by atoms with Crippen LogP contribution >= 0.6 is 11.6 Å². The summed E-state index contributed by atoms with van der Waals surface area (Å²) in [5.74, 6) is -0.611. The summed E-state index contributed by atoms with van der Waals surface area (Å²) in [6, 6.07) is 4.30. The number of hydrogen-bond acceptors (Lipinski definition) is 3. The Morgan fingerprint density at radius 3 is 3.05 bits per heavy atom. The summed E-state index contributed by atoms with van der Waals surface area (Å²) >= 11 is 5.82. The van der Waals surface area contributed by atoms with Crippen LogP contribution in [0, 0.1) is 11.7 Å². The van der Waals surface area contributed by atoms with Gasteiger partial charge in [0.25, 0.3) is 0 Å². The zero-order chi connectivity index (χ0) is 13.8. The van der Waals surface area contributed by atoms with Crippen molar-refractivity contribution in [3.63, 3.8) is 0 Å². The largest absolute Gasteiger partial charge is 0.379 e. The van der Waals surface area contributed by atoms with Crippen molar-refractivity contribution >= 4 is 17.4 Å². The predicted molar refractivity (Wildman–Crippen MR) is 71.9 cm³/mol. The lowest BCUT2D eigenvalue weighted by atomic mass is 9.93. The van der Waals surface area contributed by atoms with Crippen LogP contribution in [-0.2, 0) is 16.0 Å². The number of carbonyl (C=O) groups excluding carboxylic acids is 1. The molecule has 0 spiro atoms. The molecule has 1 aliphatic heterocycles. The molecule has 0 bridgehead atoms. The lowest BCUT2D eigenvalue weighted by molar-refractivity contribution is -0.122. The molecule has 1 heterocycles. The number of ketones is 1. The molecule has 2 rings (SSSR count). The van der Waals surface area contributed by atoms with Crippen molar-refractivity contribution in [2.24, 2.45) is 5.92 Å². The third-order valence-electron chi connectivity index (χ3n) is 3.33. The van der Waals surface area contributed by atoms with Gasteiger partial charge in [0.1, 0.15) is 11.6 Å². The van der Waals surface area contributed by atoms with E-state index < -0.39 is 5.82 Å². The summed E-state index contributed by atoms with van der Waals surface area (Å²) in [5.41, 5.74) is 0.347. The Morgan fingerprint density at radius 2 is 2.32 bits per heavy atom. The summed E-state index contributed by atoms with van der Waals surface area (Å²) in [4.78, 5) is 12.2. The minimum atomic E-state index is -0.392. The molecule has 3 nitrogen and oxygen atoms in total. The fourth-order valence-corrected chi connectivity index (χ4v) is 2.53. The van der Waals surface area contributed by atoms with Crippen LogP contribution in [0.4, 0.5) is 4.39 Å². The van der Waals surface area contributed by atoms with Crippen molar-refractivity contribution in [1.82, 2.24) is 5.32 Å². The first-order valence-corrected chi connectivity index (χ1v) is 6.77. The van der Waals surface area contributed by atoms with Gasteiger partial charge in [0.05, 0.1) is 19.1 Å². The molecule has 0 amide bonds. The molecular formula is C14H17ClFNO2. The zero-order valence-corrected chi connectivity index (χ0v) is 11.5. The maximum atomic E-state index is 13.6. The van der Waals surface area contributed by atoms with Crippen LogP contribution < -0.4 is 5.32 Å². The first kappa shape index (κ1) is 14.4. The quantitative estimate of drug-likeness (QED) is 0.901. The Morgan fingerprint density at radius 1 is 1.53 bits per heavy atom. The van der Waals surface area contributed by atoms with Crippen LogP contribution in [0.1, 0.15) is 12.5 Å². The van der Waals surface area contributed by atoms with Gasteiger partial charge in [-0.2, -0.15) is 0 Å². The van der Waals surface area contributed by atoms with Crippen molar-refractivity contribution in [1.29, 1.82) is 0 Å². The topological polar surface area (TPSA) is 38.3 Å². The van der Waals surface area contributed by atoms with E-state index in [0.717, 1.165) is 6.54 Å². The second-order valence-corrected chi connectivity index (χ2v) is 5.12. The highest BCUT2D eigenvalue weighted by atomic mass is 35.5. The third kappa shape index (κ3) is 3.53. The summed E-state index contributed by atoms with van der Waals surface area (Å²) in [6.07, 6.45) is 0.0579. The number of likely N-dealkylation sites (N-methyl/N-ethyl adjacent to an activating group) is 1. The molecule has 2 unspecified atom stereocenters. The van der Waals surface area contributed by atoms with E-state index >= 15 is 0 Å². The molecule has 1 fully saturated rings. The number of Topliss-reactive ketones (excluding diaryl/α,β-unsaturated/α-hetero) is 1. The molecule has 0 saturated carbocycles. The van der Waals surface area contributed by atoms with Gasteiger partial charge in [0.2, 0.25) is 0 Å². The summed E-state index contributed by atoms with van der Waals surface area (Å²) in [6.45, 7) is 3.70. The Balaban J connectivity index is 2.06. The molecular weight excluding hydrogens is 269 g/mol. The molecule has 1 aromatic carbocycles. The van der Waals surface area contributed by atoms with E-state index in [1.54, 1.807) is 0 Å². The standard InChI is InChI=1S/C14H17ClFNO2/c1-2-17-13-8-19-7-11(13)14(18)6-9-5-10(15)3-4-12(9)16/h3-5,11,13,17H,2,6-8H2,1H3. The minimum Gasteiger partial charge on any atom is -0.379 e. The summed E-state index contributed by atoms with van der Waals surface area (Å²) in [5, 5.41) is 3.66. The number of nitrogens with one attached hydrogen (secondary N) is 1. The van der Waals surface area contributed by atoms with Gasteiger partial charge in [0, 0.05) is 17.5 Å². The Hall–Kier alpha value is -0.970. The summed E-state index contributed by atoms with van der Waals surface area (Å²) in [7, 11) is 0. The van der Waals surface area contributed by atoms with Crippen molar-refractivity contribution in [2.45, 2.75) is 19.4 Å². The van der Waals surface area contributed by atoms with Crippen molar-refractivity contribution in [2.75, 3.05) is 19.8 Å². The number of halogens is 2. The van der Waals surface area contributed by atoms with E-state index in [9.17, 15) is 9.18 Å². The highest BCUT2D eigenvalue weighted by molar-refractivity contribution is 6.30. The Bertz CT molecular complexity index is 467. The predicted octanol–water partition coefficient (Wildman–Crippen LogP) is 2.22. The number of hydrogen-bond donors (Lipinski definition) is 1. The van der Waals surface area contributed by atoms with Crippen LogP contribution in [0.5, 0.6) is 0 Å². The molecule has 0 radical (unpaired) electrons. The van der Waals surface area contributed by atoms with Crippen molar-refractivity contribution in [3.8, 4) is 0 Å². The SMILES string of the molecule is CCNC1COCC1C(=O)Cc1cc(Cl)ccc1F. The molecule has 19 heavy (non-hydrogen) atoms. The van der Waals surface area contributed by atoms with Gasteiger partial charge < -0.3 is 10.1 Å². The van der Waals surface area contributed by atoms with E-state index in [2.05, 4.69) is 5.32 Å². The number of rotatable bonds is 5. The third-order valence-corrected chi connectivity index (χ3v) is 3.57. The lowest BCUT2D eigenvalue weighted by Crippen LogP contribution is -2.39. The molecule has 0 aromatic heterocycles. The molecule has 5 heteroatoms. The summed E-state index contributed by atoms with van der Waals surface area (Å²) < 4.78 is 18.9. The highest BCUT2D eigenvalue weighted by Gasteiger charge is 2.33. The Kier molecular flexibility index (Phi) is 4.91. The minimum absolute atomic E-state index is 0.00961. The molecule has 0 aliphatic carbocycles. The van der Waals surface area contributed by atoms with E-state index in [0.29, 0.717) is 23.8 Å². The molecule has 1 aromatic rings. The maximum Gasteiger partial charge on any atom is 0.144 e. The molecule has 1 saturated heterocycles. The Labute approximate surface area is 117 Å². The average Bonchev–Trinajstić information content (AvgIpc) is 2.82. The molecule has 2 atom stereocenters. The number of benzene rings is 1. The van der Waals surface area contributed by atoms with Gasteiger partial charge in [-0.25, -0.2) is 4.39 Å². The average molecular weight is 286 g/mol. The van der Waals surface area contributed by atoms with Crippen LogP contribution in [0.25, 0.3) is 0 Å². The van der Waals surface area contributed by atoms with Crippen molar-refractivity contribution < 1.29 is 13.9 Å². The van der Waals surface area contributed by atoms with E-state index in [-0.39, 0.29) is 24.2 Å². The lowest BCUT2D eigenvalue weighted by Gasteiger charge is -2.17. The van der Waals surface area contributed by atoms with Gasteiger partial charge in [0.15, 0.2) is 0 Å². The first-order valence-electron chi connectivity index (χ1n) is 6.39. The van der Waals surface area contributed by atoms with E-state index in [1.165, 1.54) is 18.2 Å². The van der Waals surface area contributed by atoms with E-state index in [4.69, 9.17) is 16.3 Å². The normalized spacial score (nSPS) is 22.7. The highest BCUT2D eigenvalue weighted by Crippen LogP contribution is 2.20. The molecule has 1 N–H and O–H groups in total. The van der Waals surface area contributed by atoms with Gasteiger partial charge in [-0.15, -0.1) is 0 Å². The van der Waals surface area contributed by atoms with Crippen LogP contribution in [0.2, 0.25) is 5.02 Å². The monoisotopic (exact) mass is 285 g/mol. The first-order chi connectivity index (χ1) is 9.11. The van der Waals surface area contributed by atoms with Crippen LogP contribution in [0.15, 0.2) is 18.2 Å². The second kappa shape index (κ2) is 6.46. The van der Waals surface area contributed by atoms with Gasteiger partial charge in [-0.3, -0.25) is 4.79 Å². The molecule has 104 valence electrons. The maximum absolute atomic E-state index is 13.6. The smallest absolute Gasteiger partial charge is 0.144 e. The van der Waals surface area contributed by atoms with Gasteiger partial charge >= 0.3 is 0 Å². The number of carbonyl (C=O) groups is 1. The second-order valence-electron chi connectivity index (χ2n) is 4.69. The van der Waals surface area contributed by atoms with Crippen LogP contribution in [0.3, 0.4) is 0 Å². The zero-order valence-electron chi connectivity index (χ0n) is 10.8. The van der Waals surface area contributed by atoms with Crippen LogP contribution in [-0.4, -0.2) is 31.6 Å². The molecule has 1 aliphatic rings. The van der Waals surface area contributed by atoms with E-state index in [1.807, 2.05) is 6.92 Å². The fourth-order valence-electron chi connectivity index (χ4n) is 2.33. The van der Waals surface area contributed by atoms with Gasteiger partial charge in [-0.05, 0) is 30.3 Å². The fraction of sp³-hybridized carbons (Fsp3) is 0.500. The number of ether oxygens (including phenoxy) is 1. The van der Waals surface area contributed by atoms with Gasteiger partial charge in [-0.1, -0.05) is 18.5 Å².